The van der Waals surface area contributed by atoms with Gasteiger partial charge in [-0.3, -0.25) is 0 Å². The smallest absolute Gasteiger partial charge is 0.159 e. The largest absolute Gasteiger partial charge is 0.382 e. The molecule has 0 aromatic heterocycles. The van der Waals surface area contributed by atoms with E-state index in [1.54, 1.807) is 21.0 Å². The van der Waals surface area contributed by atoms with E-state index >= 15 is 0 Å². The van der Waals surface area contributed by atoms with Gasteiger partial charge in [-0.05, 0) is 13.8 Å². The van der Waals surface area contributed by atoms with Gasteiger partial charge in [0, 0.05) is 7.11 Å². The van der Waals surface area contributed by atoms with E-state index in [1.807, 2.05) is 0 Å². The summed E-state index contributed by atoms with van der Waals surface area (Å²) < 4.78 is 14.9. The minimum absolute atomic E-state index is 0.396. The van der Waals surface area contributed by atoms with Crippen LogP contribution in [0.1, 0.15) is 13.8 Å². The average Bonchev–Trinajstić information content (AvgIpc) is 1.94. The first-order chi connectivity index (χ1) is 5.56. The van der Waals surface area contributed by atoms with Gasteiger partial charge in [-0.2, -0.15) is 0 Å². The fraction of sp³-hybridized carbons (Fsp3) is 1.00. The quantitative estimate of drug-likeness (QED) is 0.452. The van der Waals surface area contributed by atoms with Gasteiger partial charge in [-0.1, -0.05) is 0 Å². The number of hydrogen-bond acceptors (Lipinski definition) is 4. The predicted molar refractivity (Wildman–Crippen MR) is 44.9 cm³/mol. The maximum atomic E-state index is 9.12. The molecule has 4 nitrogen and oxygen atoms in total. The Morgan fingerprint density at radius 2 is 1.67 bits per heavy atom. The zero-order chi connectivity index (χ0) is 9.45. The summed E-state index contributed by atoms with van der Waals surface area (Å²) in [5, 5.41) is 9.12. The fourth-order valence-corrected chi connectivity index (χ4v) is 0.595. The number of hydrogen-bond donors (Lipinski definition) is 1. The third-order valence-corrected chi connectivity index (χ3v) is 1.11. The van der Waals surface area contributed by atoms with Crippen molar-refractivity contribution in [3.8, 4) is 0 Å². The van der Waals surface area contributed by atoms with Gasteiger partial charge in [0.1, 0.15) is 0 Å². The summed E-state index contributed by atoms with van der Waals surface area (Å²) in [6, 6.07) is 0. The Morgan fingerprint density at radius 3 is 2.17 bits per heavy atom. The Hall–Kier alpha value is -0.160. The number of methoxy groups -OCH3 is 1. The van der Waals surface area contributed by atoms with Crippen molar-refractivity contribution in [2.75, 3.05) is 33.5 Å². The maximum Gasteiger partial charge on any atom is 0.159 e. The summed E-state index contributed by atoms with van der Waals surface area (Å²) in [5.74, 6) is -1.06. The molecule has 0 saturated heterocycles. The van der Waals surface area contributed by atoms with Gasteiger partial charge in [0.25, 0.3) is 0 Å². The van der Waals surface area contributed by atoms with Crippen LogP contribution in [0.3, 0.4) is 0 Å². The topological polar surface area (TPSA) is 47.9 Å². The van der Waals surface area contributed by atoms with Gasteiger partial charge >= 0.3 is 0 Å². The van der Waals surface area contributed by atoms with Crippen LogP contribution in [0.5, 0.6) is 0 Å². The third-order valence-electron chi connectivity index (χ3n) is 1.11. The molecule has 0 atom stereocenters. The van der Waals surface area contributed by atoms with E-state index in [0.717, 1.165) is 0 Å². The van der Waals surface area contributed by atoms with Crippen molar-refractivity contribution in [2.24, 2.45) is 0 Å². The van der Waals surface area contributed by atoms with Gasteiger partial charge in [-0.15, -0.1) is 0 Å². The molecule has 0 aromatic carbocycles. The van der Waals surface area contributed by atoms with Gasteiger partial charge in [0.05, 0.1) is 26.4 Å². The second kappa shape index (κ2) is 6.37. The molecule has 0 rings (SSSR count). The van der Waals surface area contributed by atoms with E-state index in [9.17, 15) is 0 Å². The molecule has 0 unspecified atom stereocenters. The van der Waals surface area contributed by atoms with E-state index in [2.05, 4.69) is 0 Å². The molecule has 0 amide bonds. The summed E-state index contributed by atoms with van der Waals surface area (Å²) in [7, 11) is 1.62. The molecule has 0 aromatic rings. The van der Waals surface area contributed by atoms with Crippen LogP contribution >= 0.6 is 0 Å². The summed E-state index contributed by atoms with van der Waals surface area (Å²) in [6.07, 6.45) is 0. The lowest BCUT2D eigenvalue weighted by molar-refractivity contribution is -0.183. The molecule has 74 valence electrons. The van der Waals surface area contributed by atoms with E-state index in [1.165, 1.54) is 0 Å². The predicted octanol–water partition coefficient (Wildman–Crippen LogP) is 0.394. The van der Waals surface area contributed by atoms with Crippen LogP contribution < -0.4 is 0 Å². The van der Waals surface area contributed by atoms with Crippen LogP contribution in [0, 0.1) is 0 Å². The van der Waals surface area contributed by atoms with Crippen LogP contribution in [0.25, 0.3) is 0 Å². The lowest BCUT2D eigenvalue weighted by Crippen LogP contribution is -2.25. The zero-order valence-electron chi connectivity index (χ0n) is 8.00. The molecule has 0 aliphatic rings. The highest BCUT2D eigenvalue weighted by Gasteiger charge is 2.10. The minimum atomic E-state index is -1.06. The highest BCUT2D eigenvalue weighted by molar-refractivity contribution is 4.47. The SMILES string of the molecule is COCCOCCOC(C)(C)O. The van der Waals surface area contributed by atoms with E-state index < -0.39 is 5.79 Å². The zero-order valence-corrected chi connectivity index (χ0v) is 8.00. The van der Waals surface area contributed by atoms with Crippen molar-refractivity contribution in [1.82, 2.24) is 0 Å². The van der Waals surface area contributed by atoms with Gasteiger partial charge in [-0.25, -0.2) is 0 Å². The first-order valence-corrected chi connectivity index (χ1v) is 3.99. The first kappa shape index (κ1) is 11.8. The normalized spacial score (nSPS) is 12.0. The molecule has 0 aliphatic carbocycles. The van der Waals surface area contributed by atoms with E-state index in [0.29, 0.717) is 26.4 Å². The van der Waals surface area contributed by atoms with Crippen LogP contribution in [0.2, 0.25) is 0 Å². The summed E-state index contributed by atoms with van der Waals surface area (Å²) in [5.41, 5.74) is 0. The Balaban J connectivity index is 3.01. The summed E-state index contributed by atoms with van der Waals surface area (Å²) in [4.78, 5) is 0. The number of ether oxygens (including phenoxy) is 3. The Kier molecular flexibility index (Phi) is 6.28. The minimum Gasteiger partial charge on any atom is -0.382 e. The molecule has 0 bridgehead atoms. The second-order valence-corrected chi connectivity index (χ2v) is 2.90. The van der Waals surface area contributed by atoms with Gasteiger partial charge in [0.2, 0.25) is 0 Å². The Bertz CT molecular complexity index is 97.7. The first-order valence-electron chi connectivity index (χ1n) is 3.99. The Labute approximate surface area is 73.4 Å². The highest BCUT2D eigenvalue weighted by Crippen LogP contribution is 2.01. The third kappa shape index (κ3) is 9.84. The molecule has 0 heterocycles. The summed E-state index contributed by atoms with van der Waals surface area (Å²) in [6.45, 7) is 5.19. The molecule has 0 spiro atoms. The van der Waals surface area contributed by atoms with Crippen LogP contribution in [-0.2, 0) is 14.2 Å². The van der Waals surface area contributed by atoms with Crippen LogP contribution in [-0.4, -0.2) is 44.4 Å². The summed E-state index contributed by atoms with van der Waals surface area (Å²) >= 11 is 0. The van der Waals surface area contributed by atoms with E-state index in [4.69, 9.17) is 19.3 Å². The standard InChI is InChI=1S/C8H18O4/c1-8(2,9)12-7-6-11-5-4-10-3/h9H,4-7H2,1-3H3. The van der Waals surface area contributed by atoms with E-state index in [-0.39, 0.29) is 0 Å². The molecule has 12 heavy (non-hydrogen) atoms. The van der Waals surface area contributed by atoms with Crippen molar-refractivity contribution in [3.05, 3.63) is 0 Å². The molecule has 0 aliphatic heterocycles. The molecule has 0 fully saturated rings. The Morgan fingerprint density at radius 1 is 1.08 bits per heavy atom. The number of aliphatic hydroxyl groups is 1. The van der Waals surface area contributed by atoms with Gasteiger partial charge in [0.15, 0.2) is 5.79 Å². The van der Waals surface area contributed by atoms with Crippen LogP contribution in [0.4, 0.5) is 0 Å². The van der Waals surface area contributed by atoms with Crippen molar-refractivity contribution in [3.63, 3.8) is 0 Å². The van der Waals surface area contributed by atoms with Crippen molar-refractivity contribution in [1.29, 1.82) is 0 Å². The van der Waals surface area contributed by atoms with Crippen molar-refractivity contribution in [2.45, 2.75) is 19.6 Å². The lowest BCUT2D eigenvalue weighted by Gasteiger charge is -2.17. The fourth-order valence-electron chi connectivity index (χ4n) is 0.595. The number of rotatable bonds is 7. The monoisotopic (exact) mass is 178 g/mol. The highest BCUT2D eigenvalue weighted by atomic mass is 16.6. The molecular weight excluding hydrogens is 160 g/mol. The average molecular weight is 178 g/mol. The lowest BCUT2D eigenvalue weighted by atomic mass is 10.4. The molecule has 0 saturated carbocycles. The molecular formula is C8H18O4. The van der Waals surface area contributed by atoms with Crippen molar-refractivity contribution >= 4 is 0 Å². The maximum absolute atomic E-state index is 9.12. The molecule has 0 radical (unpaired) electrons. The molecule has 1 N–H and O–H groups in total. The second-order valence-electron chi connectivity index (χ2n) is 2.90. The van der Waals surface area contributed by atoms with Crippen molar-refractivity contribution < 1.29 is 19.3 Å². The van der Waals surface area contributed by atoms with Crippen LogP contribution in [0.15, 0.2) is 0 Å². The van der Waals surface area contributed by atoms with Gasteiger partial charge < -0.3 is 19.3 Å². The molecule has 4 heteroatoms.